The van der Waals surface area contributed by atoms with E-state index in [-0.39, 0.29) is 4.31 Å². The number of amides is 1. The number of carbonyl (C=O) groups excluding carboxylic acids is 1. The van der Waals surface area contributed by atoms with Gasteiger partial charge in [0.1, 0.15) is 11.7 Å². The maximum Gasteiger partial charge on any atom is 0.335 e. The van der Waals surface area contributed by atoms with Crippen molar-refractivity contribution < 1.29 is 53.8 Å². The van der Waals surface area contributed by atoms with Gasteiger partial charge in [-0.3, -0.25) is 4.79 Å². The lowest BCUT2D eigenvalue weighted by Gasteiger charge is -2.31. The predicted octanol–water partition coefficient (Wildman–Crippen LogP) is 6.65. The number of anilines is 1. The molecule has 1 saturated carbocycles. The normalized spacial score (nSPS) is 14.9. The summed E-state index contributed by atoms with van der Waals surface area (Å²) in [6.45, 7) is 0.289. The van der Waals surface area contributed by atoms with Crippen LogP contribution in [0.2, 0.25) is 0 Å². The molecule has 1 amide bonds. The van der Waals surface area contributed by atoms with E-state index in [1.165, 1.54) is 0 Å². The third kappa shape index (κ3) is 6.54. The van der Waals surface area contributed by atoms with Gasteiger partial charge in [-0.25, -0.2) is 43.9 Å². The third-order valence-corrected chi connectivity index (χ3v) is 9.86. The van der Waals surface area contributed by atoms with Gasteiger partial charge in [-0.1, -0.05) is 43.5 Å². The second kappa shape index (κ2) is 13.2. The number of carboxylic acid groups (broad SMARTS) is 1. The van der Waals surface area contributed by atoms with Crippen LogP contribution in [0.3, 0.4) is 0 Å². The number of halogens is 7. The Balaban J connectivity index is 1.75. The van der Waals surface area contributed by atoms with Crippen molar-refractivity contribution in [3.63, 3.8) is 0 Å². The molecule has 1 atom stereocenters. The molecular formula is C30H27F7N2O5S. The molecular weight excluding hydrogens is 633 g/mol. The molecule has 0 aromatic heterocycles. The molecule has 3 aromatic rings. The molecule has 0 saturated heterocycles. The smallest absolute Gasteiger partial charge is 0.335 e. The van der Waals surface area contributed by atoms with Crippen molar-refractivity contribution in [3.05, 3.63) is 93.8 Å². The van der Waals surface area contributed by atoms with E-state index in [1.807, 2.05) is 0 Å². The highest BCUT2D eigenvalue weighted by Crippen LogP contribution is 2.34. The first-order valence-electron chi connectivity index (χ1n) is 13.7. The zero-order valence-corrected chi connectivity index (χ0v) is 24.7. The van der Waals surface area contributed by atoms with Gasteiger partial charge in [-0.15, -0.1) is 0 Å². The van der Waals surface area contributed by atoms with Crippen LogP contribution in [0.1, 0.15) is 66.4 Å². The van der Waals surface area contributed by atoms with E-state index in [2.05, 4.69) is 0 Å². The first-order valence-corrected chi connectivity index (χ1v) is 15.1. The monoisotopic (exact) mass is 660 g/mol. The second-order valence-corrected chi connectivity index (χ2v) is 12.6. The van der Waals surface area contributed by atoms with Crippen LogP contribution in [0, 0.1) is 40.7 Å². The van der Waals surface area contributed by atoms with E-state index in [0.29, 0.717) is 35.6 Å². The van der Waals surface area contributed by atoms with Gasteiger partial charge in [-0.2, -0.15) is 4.31 Å². The second-order valence-electron chi connectivity index (χ2n) is 10.7. The fourth-order valence-electron chi connectivity index (χ4n) is 5.27. The maximum atomic E-state index is 15.2. The first-order chi connectivity index (χ1) is 21.1. The van der Waals surface area contributed by atoms with Gasteiger partial charge in [0.15, 0.2) is 39.8 Å². The summed E-state index contributed by atoms with van der Waals surface area (Å²) in [4.78, 5) is 23.3. The van der Waals surface area contributed by atoms with E-state index in [1.54, 1.807) is 24.3 Å². The van der Waals surface area contributed by atoms with E-state index in [9.17, 15) is 45.1 Å². The molecule has 15 heteroatoms. The summed E-state index contributed by atoms with van der Waals surface area (Å²) in [5, 5.41) is 9.18. The summed E-state index contributed by atoms with van der Waals surface area (Å²) in [6, 6.07) is 5.57. The molecule has 242 valence electrons. The standard InChI is InChI=1S/C30H27F7N2O5S/c1-15(38(2)45(43,44)28-25(36)23(34)22(33)24(35)26(28)37)29(40)39(27-20(31)12-19(30(41)42)13-21(27)32)14-16-8-10-18(11-9-16)17-6-4-3-5-7-17/h8-13,15,17H,3-7,14H2,1-2H3,(H,41,42)/t15-/m1/s1. The van der Waals surface area contributed by atoms with Crippen LogP contribution in [0.15, 0.2) is 41.3 Å². The summed E-state index contributed by atoms with van der Waals surface area (Å²) in [5.41, 5.74) is -0.532. The zero-order valence-electron chi connectivity index (χ0n) is 23.9. The van der Waals surface area contributed by atoms with Crippen LogP contribution in [-0.2, 0) is 21.4 Å². The third-order valence-electron chi connectivity index (χ3n) is 7.91. The van der Waals surface area contributed by atoms with E-state index in [0.717, 1.165) is 44.6 Å². The minimum absolute atomic E-state index is 0.00574. The van der Waals surface area contributed by atoms with Crippen molar-refractivity contribution >= 4 is 27.6 Å². The molecule has 7 nitrogen and oxygen atoms in total. The molecule has 45 heavy (non-hydrogen) atoms. The number of likely N-dealkylation sites (N-methyl/N-ethyl adjacent to an activating group) is 1. The molecule has 4 rings (SSSR count). The van der Waals surface area contributed by atoms with Gasteiger partial charge in [0.25, 0.3) is 0 Å². The summed E-state index contributed by atoms with van der Waals surface area (Å²) >= 11 is 0. The van der Waals surface area contributed by atoms with Crippen LogP contribution in [0.5, 0.6) is 0 Å². The summed E-state index contributed by atoms with van der Waals surface area (Å²) in [7, 11) is -5.02. The number of benzene rings is 3. The Labute approximate surface area is 253 Å². The molecule has 1 aliphatic carbocycles. The number of aromatic carboxylic acids is 1. The molecule has 0 spiro atoms. The van der Waals surface area contributed by atoms with Gasteiger partial charge in [0, 0.05) is 7.05 Å². The highest BCUT2D eigenvalue weighted by molar-refractivity contribution is 7.89. The van der Waals surface area contributed by atoms with Gasteiger partial charge in [0.2, 0.25) is 21.7 Å². The van der Waals surface area contributed by atoms with Crippen LogP contribution < -0.4 is 4.90 Å². The topological polar surface area (TPSA) is 95.0 Å². The van der Waals surface area contributed by atoms with Crippen molar-refractivity contribution in [2.24, 2.45) is 0 Å². The number of hydrogen-bond donors (Lipinski definition) is 1. The number of nitrogens with zero attached hydrogens (tertiary/aromatic N) is 2. The Kier molecular flexibility index (Phi) is 9.92. The number of hydrogen-bond acceptors (Lipinski definition) is 4. The fraction of sp³-hybridized carbons (Fsp3) is 0.333. The van der Waals surface area contributed by atoms with Crippen LogP contribution in [0.25, 0.3) is 0 Å². The molecule has 0 bridgehead atoms. The lowest BCUT2D eigenvalue weighted by molar-refractivity contribution is -0.121. The molecule has 1 fully saturated rings. The van der Waals surface area contributed by atoms with Crippen molar-refractivity contribution in [2.45, 2.75) is 62.4 Å². The van der Waals surface area contributed by atoms with Gasteiger partial charge in [-0.05, 0) is 48.9 Å². The molecule has 1 aliphatic rings. The quantitative estimate of drug-likeness (QED) is 0.158. The average molecular weight is 661 g/mol. The molecule has 1 N–H and O–H groups in total. The fourth-order valence-corrected chi connectivity index (χ4v) is 6.70. The number of rotatable bonds is 9. The first kappa shape index (κ1) is 33.9. The van der Waals surface area contributed by atoms with E-state index in [4.69, 9.17) is 0 Å². The highest BCUT2D eigenvalue weighted by atomic mass is 32.2. The molecule has 0 heterocycles. The number of sulfonamides is 1. The lowest BCUT2D eigenvalue weighted by Crippen LogP contribution is -2.48. The van der Waals surface area contributed by atoms with Crippen molar-refractivity contribution in [1.82, 2.24) is 4.31 Å². The Morgan fingerprint density at radius 1 is 0.844 bits per heavy atom. The van der Waals surface area contributed by atoms with E-state index >= 15 is 8.78 Å². The minimum atomic E-state index is -5.63. The maximum absolute atomic E-state index is 15.2. The molecule has 0 aliphatic heterocycles. The van der Waals surface area contributed by atoms with E-state index < -0.39 is 91.4 Å². The number of carboxylic acids is 1. The van der Waals surface area contributed by atoms with Crippen molar-refractivity contribution in [1.29, 1.82) is 0 Å². The van der Waals surface area contributed by atoms with Gasteiger partial charge < -0.3 is 10.0 Å². The van der Waals surface area contributed by atoms with Gasteiger partial charge >= 0.3 is 5.97 Å². The molecule has 3 aromatic carbocycles. The number of carbonyl (C=O) groups is 2. The zero-order chi connectivity index (χ0) is 33.4. The van der Waals surface area contributed by atoms with Crippen molar-refractivity contribution in [2.75, 3.05) is 11.9 Å². The molecule has 0 unspecified atom stereocenters. The van der Waals surface area contributed by atoms with Crippen LogP contribution >= 0.6 is 0 Å². The summed E-state index contributed by atoms with van der Waals surface area (Å²) < 4.78 is 127. The Morgan fingerprint density at radius 3 is 1.82 bits per heavy atom. The Morgan fingerprint density at radius 2 is 1.33 bits per heavy atom. The van der Waals surface area contributed by atoms with Crippen LogP contribution in [0.4, 0.5) is 36.4 Å². The predicted molar refractivity (Wildman–Crippen MR) is 147 cm³/mol. The minimum Gasteiger partial charge on any atom is -0.478 e. The summed E-state index contributed by atoms with van der Waals surface area (Å²) in [5.74, 6) is -18.8. The lowest BCUT2D eigenvalue weighted by atomic mass is 9.84. The summed E-state index contributed by atoms with van der Waals surface area (Å²) in [6.07, 6.45) is 5.17. The Bertz CT molecular complexity index is 1690. The van der Waals surface area contributed by atoms with Gasteiger partial charge in [0.05, 0.1) is 12.1 Å². The highest BCUT2D eigenvalue weighted by Gasteiger charge is 2.40. The average Bonchev–Trinajstić information content (AvgIpc) is 3.01. The Hall–Kier alpha value is -3.98. The SMILES string of the molecule is C[C@H](C(=O)N(Cc1ccc(C2CCCCC2)cc1)c1c(F)cc(C(=O)O)cc1F)N(C)S(=O)(=O)c1c(F)c(F)c(F)c(F)c1F. The largest absolute Gasteiger partial charge is 0.478 e. The van der Waals surface area contributed by atoms with Crippen LogP contribution in [-0.4, -0.2) is 42.8 Å². The van der Waals surface area contributed by atoms with Crippen molar-refractivity contribution in [3.8, 4) is 0 Å². The molecule has 0 radical (unpaired) electrons.